The van der Waals surface area contributed by atoms with Crippen LogP contribution in [-0.4, -0.2) is 17.5 Å². The number of hydrogen-bond donors (Lipinski definition) is 2. The van der Waals surface area contributed by atoms with Crippen LogP contribution in [0.15, 0.2) is 61.2 Å². The fraction of sp³-hybridized carbons (Fsp3) is 0.706. The lowest BCUT2D eigenvalue weighted by Crippen LogP contribution is -2.32. The molecule has 0 spiro atoms. The molecule has 6 nitrogen and oxygen atoms in total. The van der Waals surface area contributed by atoms with E-state index in [1.54, 1.807) is 0 Å². The lowest BCUT2D eigenvalue weighted by atomic mass is 10.1. The Morgan fingerprint density at radius 2 is 0.634 bits per heavy atom. The summed E-state index contributed by atoms with van der Waals surface area (Å²) in [7, 11) is -4.67. The zero-order chi connectivity index (χ0) is 30.3. The van der Waals surface area contributed by atoms with E-state index in [0.29, 0.717) is 0 Å². The molecule has 2 N–H and O–H groups in total. The zero-order valence-corrected chi connectivity index (χ0v) is 27.2. The molecule has 2 aromatic rings. The summed E-state index contributed by atoms with van der Waals surface area (Å²) in [5.41, 5.74) is 0. The van der Waals surface area contributed by atoms with Gasteiger partial charge < -0.3 is 0 Å². The minimum absolute atomic E-state index is 1.18. The second-order valence-corrected chi connectivity index (χ2v) is 11.9. The molecule has 0 saturated heterocycles. The molecule has 41 heavy (non-hydrogen) atoms. The van der Waals surface area contributed by atoms with Crippen LogP contribution < -0.4 is 9.13 Å². The predicted molar refractivity (Wildman–Crippen MR) is 171 cm³/mol. The number of unbranched alkanes of at least 4 members (excludes halogenated alkanes) is 18. The molecule has 0 unspecified atom stereocenters. The average Bonchev–Trinajstić information content (AvgIpc) is 2.96. The fourth-order valence-electron chi connectivity index (χ4n) is 4.73. The first-order chi connectivity index (χ1) is 19.9. The van der Waals surface area contributed by atoms with Crippen LogP contribution in [0.4, 0.5) is 0 Å². The second-order valence-electron chi connectivity index (χ2n) is 11.0. The first-order valence-electron chi connectivity index (χ1n) is 16.4. The van der Waals surface area contributed by atoms with Crippen molar-refractivity contribution in [1.82, 2.24) is 0 Å². The van der Waals surface area contributed by atoms with Crippen LogP contribution in [0.1, 0.15) is 142 Å². The maximum absolute atomic E-state index is 8.74. The van der Waals surface area contributed by atoms with E-state index in [-0.39, 0.29) is 0 Å². The molecule has 0 saturated carbocycles. The van der Waals surface area contributed by atoms with Gasteiger partial charge in [-0.05, 0) is 12.8 Å². The van der Waals surface area contributed by atoms with Gasteiger partial charge in [0.25, 0.3) is 0 Å². The van der Waals surface area contributed by atoms with Crippen molar-refractivity contribution in [2.45, 2.75) is 155 Å². The Kier molecular flexibility index (Phi) is 28.3. The fourth-order valence-corrected chi connectivity index (χ4v) is 4.73. The summed E-state index contributed by atoms with van der Waals surface area (Å²) in [6, 6.07) is 12.6. The maximum atomic E-state index is 8.74. The van der Waals surface area contributed by atoms with E-state index in [4.69, 9.17) is 17.5 Å². The first-order valence-corrected chi connectivity index (χ1v) is 17.8. The highest BCUT2D eigenvalue weighted by molar-refractivity contribution is 7.79. The molecule has 0 aromatic carbocycles. The Hall–Kier alpha value is -1.83. The van der Waals surface area contributed by atoms with Gasteiger partial charge in [-0.1, -0.05) is 129 Å². The van der Waals surface area contributed by atoms with E-state index in [1.165, 1.54) is 142 Å². The summed E-state index contributed by atoms with van der Waals surface area (Å²) in [6.07, 6.45) is 36.9. The van der Waals surface area contributed by atoms with E-state index in [1.807, 2.05) is 0 Å². The molecule has 0 bridgehead atoms. The number of hydrogen-bond acceptors (Lipinski definition) is 2. The molecule has 0 fully saturated rings. The number of aryl methyl sites for hydroxylation is 2. The molecule has 0 aliphatic carbocycles. The van der Waals surface area contributed by atoms with Crippen LogP contribution in [0.2, 0.25) is 0 Å². The third-order valence-corrected chi connectivity index (χ3v) is 7.09. The van der Waals surface area contributed by atoms with Crippen molar-refractivity contribution in [2.75, 3.05) is 0 Å². The number of aromatic nitrogens is 2. The van der Waals surface area contributed by atoms with Crippen LogP contribution in [-0.2, 0) is 23.5 Å². The van der Waals surface area contributed by atoms with Gasteiger partial charge in [0.15, 0.2) is 24.8 Å². The lowest BCUT2D eigenvalue weighted by molar-refractivity contribution is -0.697. The highest BCUT2D eigenvalue weighted by Crippen LogP contribution is 2.11. The Balaban J connectivity index is 0.000000671. The topological polar surface area (TPSA) is 82.4 Å². The average molecular weight is 595 g/mol. The van der Waals surface area contributed by atoms with Crippen molar-refractivity contribution >= 4 is 10.4 Å². The monoisotopic (exact) mass is 594 g/mol. The van der Waals surface area contributed by atoms with Crippen molar-refractivity contribution in [3.63, 3.8) is 0 Å². The van der Waals surface area contributed by atoms with E-state index < -0.39 is 10.4 Å². The van der Waals surface area contributed by atoms with Gasteiger partial charge in [-0.3, -0.25) is 9.11 Å². The highest BCUT2D eigenvalue weighted by atomic mass is 32.3. The molecular formula is C34H62N2O4S+2. The van der Waals surface area contributed by atoms with Crippen molar-refractivity contribution < 1.29 is 26.7 Å². The third-order valence-electron chi connectivity index (χ3n) is 7.09. The van der Waals surface area contributed by atoms with Gasteiger partial charge in [-0.2, -0.15) is 8.42 Å². The van der Waals surface area contributed by atoms with Crippen LogP contribution in [0.25, 0.3) is 0 Å². The molecule has 0 amide bonds. The van der Waals surface area contributed by atoms with E-state index >= 15 is 0 Å². The standard InChI is InChI=1S/2C17H30N.H2O4S/c2*1-2-3-4-5-6-7-8-9-10-12-15-18-16-13-11-14-17-18;1-5(2,3)4/h2*11,13-14,16-17H,2-10,12,15H2,1H3;(H2,1,2,3,4)/q2*+1;. The second kappa shape index (κ2) is 29.7. The van der Waals surface area contributed by atoms with Crippen molar-refractivity contribution in [2.24, 2.45) is 0 Å². The van der Waals surface area contributed by atoms with Gasteiger partial charge in [0.05, 0.1) is 0 Å². The molecule has 0 radical (unpaired) electrons. The Bertz CT molecular complexity index is 813. The quantitative estimate of drug-likeness (QED) is 0.0809. The van der Waals surface area contributed by atoms with E-state index in [0.717, 1.165) is 0 Å². The lowest BCUT2D eigenvalue weighted by Gasteiger charge is -2.01. The Labute approximate surface area is 253 Å². The van der Waals surface area contributed by atoms with Crippen LogP contribution in [0.5, 0.6) is 0 Å². The number of nitrogens with zero attached hydrogens (tertiary/aromatic N) is 2. The SMILES string of the molecule is CCCCCCCCCCCC[n+]1ccccc1.CCCCCCCCCCCC[n+]1ccccc1.O=S(=O)(O)O. The van der Waals surface area contributed by atoms with Gasteiger partial charge >= 0.3 is 10.4 Å². The molecule has 0 atom stereocenters. The summed E-state index contributed by atoms with van der Waals surface area (Å²) in [5.74, 6) is 0. The molecule has 0 aliphatic heterocycles. The summed E-state index contributed by atoms with van der Waals surface area (Å²) in [6.45, 7) is 6.92. The number of pyridine rings is 2. The van der Waals surface area contributed by atoms with E-state index in [9.17, 15) is 0 Å². The minimum atomic E-state index is -4.67. The summed E-state index contributed by atoms with van der Waals surface area (Å²) < 4.78 is 36.1. The van der Waals surface area contributed by atoms with E-state index in [2.05, 4.69) is 84.2 Å². The molecule has 236 valence electrons. The van der Waals surface area contributed by atoms with Gasteiger partial charge in [0.1, 0.15) is 13.1 Å². The molecular weight excluding hydrogens is 532 g/mol. The van der Waals surface area contributed by atoms with Gasteiger partial charge in [0, 0.05) is 37.1 Å². The molecule has 2 aromatic heterocycles. The van der Waals surface area contributed by atoms with Crippen molar-refractivity contribution in [3.8, 4) is 0 Å². The minimum Gasteiger partial charge on any atom is -0.264 e. The van der Waals surface area contributed by atoms with Crippen LogP contribution >= 0.6 is 0 Å². The molecule has 7 heteroatoms. The Morgan fingerprint density at radius 1 is 0.415 bits per heavy atom. The first kappa shape index (κ1) is 39.2. The summed E-state index contributed by atoms with van der Waals surface area (Å²) in [5, 5.41) is 0. The molecule has 2 heterocycles. The van der Waals surface area contributed by atoms with Gasteiger partial charge in [-0.25, -0.2) is 9.13 Å². The van der Waals surface area contributed by atoms with Crippen molar-refractivity contribution in [3.05, 3.63) is 61.2 Å². The summed E-state index contributed by atoms with van der Waals surface area (Å²) in [4.78, 5) is 0. The maximum Gasteiger partial charge on any atom is 0.394 e. The van der Waals surface area contributed by atoms with Crippen molar-refractivity contribution in [1.29, 1.82) is 0 Å². The van der Waals surface area contributed by atoms with Crippen LogP contribution in [0.3, 0.4) is 0 Å². The van der Waals surface area contributed by atoms with Gasteiger partial charge in [0.2, 0.25) is 0 Å². The molecule has 2 rings (SSSR count). The third kappa shape index (κ3) is 34.3. The predicted octanol–water partition coefficient (Wildman–Crippen LogP) is 9.14. The van der Waals surface area contributed by atoms with Gasteiger partial charge in [-0.15, -0.1) is 0 Å². The zero-order valence-electron chi connectivity index (χ0n) is 26.3. The summed E-state index contributed by atoms with van der Waals surface area (Å²) >= 11 is 0. The normalized spacial score (nSPS) is 10.8. The smallest absolute Gasteiger partial charge is 0.264 e. The largest absolute Gasteiger partial charge is 0.394 e. The van der Waals surface area contributed by atoms with Crippen LogP contribution in [0, 0.1) is 0 Å². The Morgan fingerprint density at radius 3 is 0.878 bits per heavy atom. The molecule has 0 aliphatic rings. The number of rotatable bonds is 22. The highest BCUT2D eigenvalue weighted by Gasteiger charge is 1.99.